The first kappa shape index (κ1) is 13.8. The molecule has 5 nitrogen and oxygen atoms in total. The minimum Gasteiger partial charge on any atom is -0.491 e. The lowest BCUT2D eigenvalue weighted by atomic mass is 10.1. The van der Waals surface area contributed by atoms with Gasteiger partial charge < -0.3 is 14.6 Å². The molecule has 1 heterocycles. The zero-order valence-electron chi connectivity index (χ0n) is 11.1. The second kappa shape index (κ2) is 6.54. The van der Waals surface area contributed by atoms with Crippen molar-refractivity contribution in [1.82, 2.24) is 4.90 Å². The van der Waals surface area contributed by atoms with E-state index in [0.717, 1.165) is 38.4 Å². The maximum atomic E-state index is 11.1. The molecule has 104 valence electrons. The Labute approximate surface area is 112 Å². The fourth-order valence-corrected chi connectivity index (χ4v) is 2.05. The number of rotatable bonds is 5. The normalized spacial score (nSPS) is 16.3. The first-order chi connectivity index (χ1) is 9.16. The van der Waals surface area contributed by atoms with Crippen molar-refractivity contribution in [3.8, 4) is 5.75 Å². The molecule has 2 rings (SSSR count). The number of carbonyl (C=O) groups is 1. The number of hydrogen-bond acceptors (Lipinski definition) is 4. The summed E-state index contributed by atoms with van der Waals surface area (Å²) in [7, 11) is 0. The monoisotopic (exact) mass is 265 g/mol. The van der Waals surface area contributed by atoms with E-state index in [2.05, 4.69) is 4.90 Å². The van der Waals surface area contributed by atoms with Gasteiger partial charge in [0, 0.05) is 19.6 Å². The second-order valence-corrected chi connectivity index (χ2v) is 4.61. The highest BCUT2D eigenvalue weighted by atomic mass is 16.5. The number of aryl methyl sites for hydroxylation is 1. The molecule has 0 bridgehead atoms. The quantitative estimate of drug-likeness (QED) is 0.872. The Kier molecular flexibility index (Phi) is 4.76. The summed E-state index contributed by atoms with van der Waals surface area (Å²) < 4.78 is 10.9. The van der Waals surface area contributed by atoms with Crippen molar-refractivity contribution < 1.29 is 19.4 Å². The van der Waals surface area contributed by atoms with Crippen molar-refractivity contribution in [3.05, 3.63) is 29.3 Å². The Morgan fingerprint density at radius 2 is 2.16 bits per heavy atom. The third kappa shape index (κ3) is 3.94. The number of hydrogen-bond donors (Lipinski definition) is 1. The summed E-state index contributed by atoms with van der Waals surface area (Å²) in [5.74, 6) is -0.517. The van der Waals surface area contributed by atoms with E-state index in [1.54, 1.807) is 12.1 Å². The van der Waals surface area contributed by atoms with E-state index in [4.69, 9.17) is 14.6 Å². The topological polar surface area (TPSA) is 59.0 Å². The summed E-state index contributed by atoms with van der Waals surface area (Å²) in [4.78, 5) is 13.4. The number of aromatic carboxylic acids is 1. The highest BCUT2D eigenvalue weighted by Crippen LogP contribution is 2.20. The molecule has 0 spiro atoms. The van der Waals surface area contributed by atoms with Crippen LogP contribution in [-0.4, -0.2) is 55.4 Å². The van der Waals surface area contributed by atoms with Gasteiger partial charge >= 0.3 is 5.97 Å². The Morgan fingerprint density at radius 3 is 2.84 bits per heavy atom. The van der Waals surface area contributed by atoms with Gasteiger partial charge in [0.15, 0.2) is 0 Å². The van der Waals surface area contributed by atoms with Gasteiger partial charge in [-0.15, -0.1) is 0 Å². The lowest BCUT2D eigenvalue weighted by Crippen LogP contribution is -2.38. The molecule has 0 unspecified atom stereocenters. The van der Waals surface area contributed by atoms with E-state index in [9.17, 15) is 4.79 Å². The number of carboxylic acids is 1. The largest absolute Gasteiger partial charge is 0.491 e. The number of carboxylic acid groups (broad SMARTS) is 1. The molecular weight excluding hydrogens is 246 g/mol. The molecule has 1 aliphatic heterocycles. The van der Waals surface area contributed by atoms with Gasteiger partial charge in [0.25, 0.3) is 0 Å². The van der Waals surface area contributed by atoms with Crippen LogP contribution in [0.25, 0.3) is 0 Å². The first-order valence-corrected chi connectivity index (χ1v) is 6.43. The van der Waals surface area contributed by atoms with Gasteiger partial charge in [-0.25, -0.2) is 4.79 Å². The third-order valence-corrected chi connectivity index (χ3v) is 3.13. The van der Waals surface area contributed by atoms with Crippen LogP contribution in [0.2, 0.25) is 0 Å². The fraction of sp³-hybridized carbons (Fsp3) is 0.500. The standard InChI is InChI=1S/C14H19NO4/c1-11-2-3-13(12(10-11)14(16)17)19-9-6-15-4-7-18-8-5-15/h2-3,10H,4-9H2,1H3,(H,16,17). The van der Waals surface area contributed by atoms with Gasteiger partial charge in [-0.05, 0) is 19.1 Å². The predicted octanol–water partition coefficient (Wildman–Crippen LogP) is 1.40. The summed E-state index contributed by atoms with van der Waals surface area (Å²) in [5.41, 5.74) is 1.14. The lowest BCUT2D eigenvalue weighted by molar-refractivity contribution is 0.0321. The maximum absolute atomic E-state index is 11.1. The summed E-state index contributed by atoms with van der Waals surface area (Å²) in [6, 6.07) is 5.21. The van der Waals surface area contributed by atoms with Crippen LogP contribution in [0, 0.1) is 6.92 Å². The average Bonchev–Trinajstić information content (AvgIpc) is 2.41. The number of nitrogens with zero attached hydrogens (tertiary/aromatic N) is 1. The fourth-order valence-electron chi connectivity index (χ4n) is 2.05. The van der Waals surface area contributed by atoms with E-state index < -0.39 is 5.97 Å². The summed E-state index contributed by atoms with van der Waals surface area (Å²) >= 11 is 0. The average molecular weight is 265 g/mol. The Morgan fingerprint density at radius 1 is 1.42 bits per heavy atom. The molecule has 1 aromatic rings. The smallest absolute Gasteiger partial charge is 0.339 e. The molecule has 0 saturated carbocycles. The molecule has 1 N–H and O–H groups in total. The van der Waals surface area contributed by atoms with Crippen LogP contribution in [0.3, 0.4) is 0 Å². The summed E-state index contributed by atoms with van der Waals surface area (Å²) in [6.45, 7) is 6.46. The molecule has 0 radical (unpaired) electrons. The zero-order valence-corrected chi connectivity index (χ0v) is 11.1. The van der Waals surface area contributed by atoms with Crippen LogP contribution in [0.4, 0.5) is 0 Å². The van der Waals surface area contributed by atoms with E-state index in [-0.39, 0.29) is 5.56 Å². The third-order valence-electron chi connectivity index (χ3n) is 3.13. The molecule has 0 atom stereocenters. The molecule has 5 heteroatoms. The van der Waals surface area contributed by atoms with E-state index >= 15 is 0 Å². The van der Waals surface area contributed by atoms with Crippen molar-refractivity contribution in [2.75, 3.05) is 39.5 Å². The highest BCUT2D eigenvalue weighted by molar-refractivity contribution is 5.91. The van der Waals surface area contributed by atoms with Crippen molar-refractivity contribution in [1.29, 1.82) is 0 Å². The van der Waals surface area contributed by atoms with Gasteiger partial charge in [-0.1, -0.05) is 11.6 Å². The van der Waals surface area contributed by atoms with Crippen LogP contribution >= 0.6 is 0 Å². The predicted molar refractivity (Wildman–Crippen MR) is 70.9 cm³/mol. The number of benzene rings is 1. The van der Waals surface area contributed by atoms with E-state index in [0.29, 0.717) is 12.4 Å². The summed E-state index contributed by atoms with van der Waals surface area (Å²) in [6.07, 6.45) is 0. The van der Waals surface area contributed by atoms with Crippen molar-refractivity contribution in [3.63, 3.8) is 0 Å². The minimum atomic E-state index is -0.954. The van der Waals surface area contributed by atoms with Gasteiger partial charge in [0.1, 0.15) is 17.9 Å². The van der Waals surface area contributed by atoms with Crippen molar-refractivity contribution in [2.45, 2.75) is 6.92 Å². The molecule has 0 aliphatic carbocycles. The van der Waals surface area contributed by atoms with E-state index in [1.807, 2.05) is 13.0 Å². The van der Waals surface area contributed by atoms with E-state index in [1.165, 1.54) is 0 Å². The molecule has 1 aromatic carbocycles. The van der Waals surface area contributed by atoms with Crippen LogP contribution in [-0.2, 0) is 4.74 Å². The number of ether oxygens (including phenoxy) is 2. The summed E-state index contributed by atoms with van der Waals surface area (Å²) in [5, 5.41) is 9.13. The molecular formula is C14H19NO4. The van der Waals surface area contributed by atoms with Crippen molar-refractivity contribution >= 4 is 5.97 Å². The molecule has 1 saturated heterocycles. The zero-order chi connectivity index (χ0) is 13.7. The SMILES string of the molecule is Cc1ccc(OCCN2CCOCC2)c(C(=O)O)c1. The Balaban J connectivity index is 1.89. The molecule has 0 amide bonds. The van der Waals surface area contributed by atoms with Gasteiger partial charge in [-0.2, -0.15) is 0 Å². The highest BCUT2D eigenvalue weighted by Gasteiger charge is 2.13. The van der Waals surface area contributed by atoms with Crippen LogP contribution in [0.15, 0.2) is 18.2 Å². The van der Waals surface area contributed by atoms with Gasteiger partial charge in [-0.3, -0.25) is 4.90 Å². The Bertz CT molecular complexity index is 441. The first-order valence-electron chi connectivity index (χ1n) is 6.43. The minimum absolute atomic E-state index is 0.224. The van der Waals surface area contributed by atoms with Crippen LogP contribution < -0.4 is 4.74 Å². The maximum Gasteiger partial charge on any atom is 0.339 e. The molecule has 19 heavy (non-hydrogen) atoms. The Hall–Kier alpha value is -1.59. The molecule has 0 aromatic heterocycles. The van der Waals surface area contributed by atoms with Crippen LogP contribution in [0.5, 0.6) is 5.75 Å². The van der Waals surface area contributed by atoms with Crippen LogP contribution in [0.1, 0.15) is 15.9 Å². The van der Waals surface area contributed by atoms with Gasteiger partial charge in [0.05, 0.1) is 13.2 Å². The lowest BCUT2D eigenvalue weighted by Gasteiger charge is -2.26. The molecule has 1 aliphatic rings. The van der Waals surface area contributed by atoms with Gasteiger partial charge in [0.2, 0.25) is 0 Å². The second-order valence-electron chi connectivity index (χ2n) is 4.61. The van der Waals surface area contributed by atoms with Crippen molar-refractivity contribution in [2.24, 2.45) is 0 Å². The molecule has 1 fully saturated rings. The number of morpholine rings is 1.